The Morgan fingerprint density at radius 3 is 2.44 bits per heavy atom. The molecule has 0 bridgehead atoms. The minimum Gasteiger partial charge on any atom is -0.317 e. The maximum Gasteiger partial charge on any atom is 0.330 e. The molecular weight excluding hydrogens is 210 g/mol. The summed E-state index contributed by atoms with van der Waals surface area (Å²) in [6, 6.07) is -0.625. The van der Waals surface area contributed by atoms with Gasteiger partial charge in [0.15, 0.2) is 0 Å². The molecule has 2 saturated heterocycles. The Bertz CT molecular complexity index is 336. The van der Waals surface area contributed by atoms with Crippen molar-refractivity contribution in [3.05, 3.63) is 0 Å². The minimum atomic E-state index is -0.690. The van der Waals surface area contributed by atoms with Gasteiger partial charge in [0.1, 0.15) is 5.92 Å². The number of hydrogen-bond acceptors (Lipinski definition) is 4. The Kier molecular flexibility index (Phi) is 2.91. The molecule has 0 aromatic rings. The lowest BCUT2D eigenvalue weighted by atomic mass is 9.82. The Hall–Kier alpha value is -1.43. The zero-order chi connectivity index (χ0) is 11.7. The van der Waals surface area contributed by atoms with Crippen LogP contribution in [0, 0.1) is 11.8 Å². The van der Waals surface area contributed by atoms with Crippen molar-refractivity contribution in [2.75, 3.05) is 20.1 Å². The third-order valence-electron chi connectivity index (χ3n) is 3.27. The number of barbiturate groups is 1. The van der Waals surface area contributed by atoms with E-state index in [-0.39, 0.29) is 11.8 Å². The largest absolute Gasteiger partial charge is 0.330 e. The molecule has 2 heterocycles. The first-order chi connectivity index (χ1) is 7.61. The lowest BCUT2D eigenvalue weighted by molar-refractivity contribution is -0.144. The number of urea groups is 1. The number of hydrogen-bond donors (Lipinski definition) is 2. The molecule has 4 amide bonds. The number of nitrogens with zero attached hydrogens (tertiary/aromatic N) is 1. The highest BCUT2D eigenvalue weighted by Gasteiger charge is 2.43. The molecule has 2 fully saturated rings. The van der Waals surface area contributed by atoms with E-state index < -0.39 is 17.9 Å². The Balaban J connectivity index is 2.15. The lowest BCUT2D eigenvalue weighted by Gasteiger charge is -2.34. The number of rotatable bonds is 1. The third kappa shape index (κ3) is 1.80. The second-order valence-electron chi connectivity index (χ2n) is 4.26. The average Bonchev–Trinajstić information content (AvgIpc) is 2.28. The number of piperidine rings is 1. The van der Waals surface area contributed by atoms with Crippen LogP contribution in [0.2, 0.25) is 0 Å². The van der Waals surface area contributed by atoms with Crippen molar-refractivity contribution in [2.45, 2.75) is 12.8 Å². The van der Waals surface area contributed by atoms with Crippen LogP contribution < -0.4 is 10.6 Å². The molecule has 0 radical (unpaired) electrons. The number of amides is 4. The van der Waals surface area contributed by atoms with Crippen molar-refractivity contribution in [3.63, 3.8) is 0 Å². The molecule has 0 aliphatic carbocycles. The Morgan fingerprint density at radius 1 is 1.19 bits per heavy atom. The normalized spacial score (nSPS) is 28.2. The fraction of sp³-hybridized carbons (Fsp3) is 0.700. The molecule has 1 atom stereocenters. The van der Waals surface area contributed by atoms with Crippen LogP contribution in [-0.2, 0) is 9.59 Å². The quantitative estimate of drug-likeness (QED) is 0.579. The molecule has 6 nitrogen and oxygen atoms in total. The number of nitrogens with one attached hydrogen (secondary N) is 2. The van der Waals surface area contributed by atoms with Crippen LogP contribution in [0.15, 0.2) is 0 Å². The summed E-state index contributed by atoms with van der Waals surface area (Å²) in [5.74, 6) is -1.46. The smallest absolute Gasteiger partial charge is 0.317 e. The third-order valence-corrected chi connectivity index (χ3v) is 3.27. The summed E-state index contributed by atoms with van der Waals surface area (Å²) >= 11 is 0. The SMILES string of the molecule is CN1C(=O)NC(=O)[C@@H](C2CCNCC2)C1=O. The van der Waals surface area contributed by atoms with Gasteiger partial charge in [-0.05, 0) is 31.8 Å². The lowest BCUT2D eigenvalue weighted by Crippen LogP contribution is -2.58. The highest BCUT2D eigenvalue weighted by molar-refractivity contribution is 6.16. The first-order valence-corrected chi connectivity index (χ1v) is 5.44. The summed E-state index contributed by atoms with van der Waals surface area (Å²) in [5, 5.41) is 5.39. The molecule has 0 aromatic heterocycles. The van der Waals surface area contributed by atoms with Crippen LogP contribution in [0.4, 0.5) is 4.79 Å². The molecule has 0 unspecified atom stereocenters. The molecule has 2 rings (SSSR count). The molecule has 0 aromatic carbocycles. The second-order valence-corrected chi connectivity index (χ2v) is 4.26. The fourth-order valence-corrected chi connectivity index (χ4v) is 2.28. The van der Waals surface area contributed by atoms with E-state index in [4.69, 9.17) is 0 Å². The molecule has 2 N–H and O–H groups in total. The van der Waals surface area contributed by atoms with Gasteiger partial charge in [-0.3, -0.25) is 19.8 Å². The van der Waals surface area contributed by atoms with Gasteiger partial charge in [0.2, 0.25) is 11.8 Å². The molecule has 0 spiro atoms. The van der Waals surface area contributed by atoms with Crippen LogP contribution in [0.3, 0.4) is 0 Å². The summed E-state index contributed by atoms with van der Waals surface area (Å²) in [6.07, 6.45) is 1.59. The van der Waals surface area contributed by atoms with E-state index in [1.54, 1.807) is 0 Å². The zero-order valence-corrected chi connectivity index (χ0v) is 9.16. The Labute approximate surface area is 93.4 Å². The van der Waals surface area contributed by atoms with Crippen molar-refractivity contribution in [1.29, 1.82) is 0 Å². The minimum absolute atomic E-state index is 0.0456. The van der Waals surface area contributed by atoms with E-state index in [1.807, 2.05) is 0 Å². The summed E-state index contributed by atoms with van der Waals surface area (Å²) in [6.45, 7) is 1.64. The van der Waals surface area contributed by atoms with Crippen LogP contribution >= 0.6 is 0 Å². The van der Waals surface area contributed by atoms with Gasteiger partial charge in [0.05, 0.1) is 0 Å². The second kappa shape index (κ2) is 4.21. The van der Waals surface area contributed by atoms with E-state index in [9.17, 15) is 14.4 Å². The fourth-order valence-electron chi connectivity index (χ4n) is 2.28. The van der Waals surface area contributed by atoms with Gasteiger partial charge < -0.3 is 5.32 Å². The molecule has 0 saturated carbocycles. The van der Waals surface area contributed by atoms with Crippen molar-refractivity contribution in [3.8, 4) is 0 Å². The van der Waals surface area contributed by atoms with Crippen LogP contribution in [0.5, 0.6) is 0 Å². The highest BCUT2D eigenvalue weighted by Crippen LogP contribution is 2.25. The van der Waals surface area contributed by atoms with Crippen LogP contribution in [0.25, 0.3) is 0 Å². The highest BCUT2D eigenvalue weighted by atomic mass is 16.2. The van der Waals surface area contributed by atoms with Crippen molar-refractivity contribution >= 4 is 17.8 Å². The molecule has 6 heteroatoms. The predicted octanol–water partition coefficient (Wildman–Crippen LogP) is -0.690. The zero-order valence-electron chi connectivity index (χ0n) is 9.16. The standard InChI is InChI=1S/C10H15N3O3/c1-13-9(15)7(8(14)12-10(13)16)6-2-4-11-5-3-6/h6-7,11H,2-5H2,1H3,(H,12,14,16)/t7-/m1/s1. The molecule has 16 heavy (non-hydrogen) atoms. The maximum atomic E-state index is 11.9. The van der Waals surface area contributed by atoms with Gasteiger partial charge in [-0.15, -0.1) is 0 Å². The molecule has 2 aliphatic heterocycles. The molecular formula is C10H15N3O3. The van der Waals surface area contributed by atoms with E-state index in [0.717, 1.165) is 30.8 Å². The van der Waals surface area contributed by atoms with Gasteiger partial charge in [-0.25, -0.2) is 4.79 Å². The Morgan fingerprint density at radius 2 is 1.81 bits per heavy atom. The van der Waals surface area contributed by atoms with E-state index in [2.05, 4.69) is 10.6 Å². The number of carbonyl (C=O) groups excluding carboxylic acids is 3. The first kappa shape index (κ1) is 11.1. The van der Waals surface area contributed by atoms with Gasteiger partial charge in [-0.1, -0.05) is 0 Å². The topological polar surface area (TPSA) is 78.5 Å². The summed E-state index contributed by atoms with van der Waals surface area (Å²) < 4.78 is 0. The number of carbonyl (C=O) groups is 3. The van der Waals surface area contributed by atoms with E-state index in [1.165, 1.54) is 7.05 Å². The summed E-state index contributed by atoms with van der Waals surface area (Å²) in [4.78, 5) is 35.7. The van der Waals surface area contributed by atoms with Crippen molar-refractivity contribution < 1.29 is 14.4 Å². The first-order valence-electron chi connectivity index (χ1n) is 5.44. The number of imide groups is 2. The summed E-state index contributed by atoms with van der Waals surface area (Å²) in [7, 11) is 1.40. The monoisotopic (exact) mass is 225 g/mol. The average molecular weight is 225 g/mol. The maximum absolute atomic E-state index is 11.9. The van der Waals surface area contributed by atoms with E-state index in [0.29, 0.717) is 0 Å². The van der Waals surface area contributed by atoms with Crippen molar-refractivity contribution in [1.82, 2.24) is 15.5 Å². The van der Waals surface area contributed by atoms with Crippen LogP contribution in [-0.4, -0.2) is 42.9 Å². The van der Waals surface area contributed by atoms with Crippen molar-refractivity contribution in [2.24, 2.45) is 11.8 Å². The van der Waals surface area contributed by atoms with Gasteiger partial charge >= 0.3 is 6.03 Å². The van der Waals surface area contributed by atoms with Gasteiger partial charge in [0.25, 0.3) is 0 Å². The van der Waals surface area contributed by atoms with E-state index >= 15 is 0 Å². The van der Waals surface area contributed by atoms with Gasteiger partial charge in [-0.2, -0.15) is 0 Å². The van der Waals surface area contributed by atoms with Crippen LogP contribution in [0.1, 0.15) is 12.8 Å². The summed E-state index contributed by atoms with van der Waals surface area (Å²) in [5.41, 5.74) is 0. The predicted molar refractivity (Wildman–Crippen MR) is 55.4 cm³/mol. The molecule has 88 valence electrons. The van der Waals surface area contributed by atoms with Gasteiger partial charge in [0, 0.05) is 7.05 Å². The molecule has 2 aliphatic rings.